The van der Waals surface area contributed by atoms with Crippen LogP contribution in [0.25, 0.3) is 0 Å². The molecule has 0 aliphatic rings. The van der Waals surface area contributed by atoms with E-state index in [2.05, 4.69) is 6.07 Å². The highest BCUT2D eigenvalue weighted by molar-refractivity contribution is 6.30. The van der Waals surface area contributed by atoms with Gasteiger partial charge in [0.05, 0.1) is 11.6 Å². The van der Waals surface area contributed by atoms with Gasteiger partial charge in [-0.05, 0) is 48.9 Å². The molecule has 0 spiro atoms. The molecular weight excluding hydrogens is 272 g/mol. The molecule has 4 heteroatoms. The van der Waals surface area contributed by atoms with Gasteiger partial charge in [-0.25, -0.2) is 0 Å². The van der Waals surface area contributed by atoms with Crippen LogP contribution in [0.3, 0.4) is 0 Å². The fourth-order valence-corrected chi connectivity index (χ4v) is 2.12. The van der Waals surface area contributed by atoms with Gasteiger partial charge < -0.3 is 10.5 Å². The third-order valence-corrected chi connectivity index (χ3v) is 3.14. The van der Waals surface area contributed by atoms with Crippen molar-refractivity contribution < 1.29 is 4.74 Å². The molecule has 0 aromatic heterocycles. The molecular formula is C16H15ClN2O. The van der Waals surface area contributed by atoms with Gasteiger partial charge >= 0.3 is 0 Å². The van der Waals surface area contributed by atoms with Gasteiger partial charge in [-0.15, -0.1) is 0 Å². The summed E-state index contributed by atoms with van der Waals surface area (Å²) in [5, 5.41) is 9.43. The Morgan fingerprint density at radius 3 is 2.45 bits per heavy atom. The van der Waals surface area contributed by atoms with Crippen LogP contribution in [0.1, 0.15) is 24.2 Å². The molecule has 0 bridgehead atoms. The SMILES string of the molecule is CC(N)C(Oc1ccc(C#N)cc1)c1cccc(Cl)c1. The zero-order chi connectivity index (χ0) is 14.5. The van der Waals surface area contributed by atoms with Gasteiger partial charge in [0.2, 0.25) is 0 Å². The number of nitrogens with two attached hydrogens (primary N) is 1. The topological polar surface area (TPSA) is 59.0 Å². The van der Waals surface area contributed by atoms with Crippen molar-refractivity contribution in [1.29, 1.82) is 5.26 Å². The fourth-order valence-electron chi connectivity index (χ4n) is 1.92. The minimum absolute atomic E-state index is 0.191. The Bertz CT molecular complexity index is 617. The van der Waals surface area contributed by atoms with E-state index < -0.39 is 0 Å². The van der Waals surface area contributed by atoms with Crippen molar-refractivity contribution in [3.63, 3.8) is 0 Å². The highest BCUT2D eigenvalue weighted by Gasteiger charge is 2.18. The van der Waals surface area contributed by atoms with Crippen molar-refractivity contribution in [2.75, 3.05) is 0 Å². The Morgan fingerprint density at radius 2 is 1.90 bits per heavy atom. The number of halogens is 1. The first kappa shape index (κ1) is 14.4. The Kier molecular flexibility index (Phi) is 4.62. The second-order valence-corrected chi connectivity index (χ2v) is 5.03. The summed E-state index contributed by atoms with van der Waals surface area (Å²) < 4.78 is 5.92. The van der Waals surface area contributed by atoms with Crippen molar-refractivity contribution in [1.82, 2.24) is 0 Å². The van der Waals surface area contributed by atoms with Gasteiger partial charge in [0.1, 0.15) is 11.9 Å². The number of rotatable bonds is 4. The first-order valence-corrected chi connectivity index (χ1v) is 6.66. The van der Waals surface area contributed by atoms with Crippen LogP contribution >= 0.6 is 11.6 Å². The van der Waals surface area contributed by atoms with E-state index in [1.54, 1.807) is 24.3 Å². The zero-order valence-corrected chi connectivity index (χ0v) is 11.8. The van der Waals surface area contributed by atoms with E-state index in [-0.39, 0.29) is 12.1 Å². The standard InChI is InChI=1S/C16H15ClN2O/c1-11(19)16(13-3-2-4-14(17)9-13)20-15-7-5-12(10-18)6-8-15/h2-9,11,16H,19H2,1H3. The lowest BCUT2D eigenvalue weighted by molar-refractivity contribution is 0.180. The average Bonchev–Trinajstić information content (AvgIpc) is 2.45. The Labute approximate surface area is 123 Å². The molecule has 0 heterocycles. The van der Waals surface area contributed by atoms with E-state index in [4.69, 9.17) is 27.3 Å². The molecule has 2 aromatic carbocycles. The van der Waals surface area contributed by atoms with Crippen molar-refractivity contribution >= 4 is 11.6 Å². The van der Waals surface area contributed by atoms with Crippen molar-refractivity contribution in [3.05, 3.63) is 64.7 Å². The molecule has 0 saturated carbocycles. The van der Waals surface area contributed by atoms with Gasteiger partial charge in [-0.1, -0.05) is 23.7 Å². The largest absolute Gasteiger partial charge is 0.484 e. The molecule has 2 rings (SSSR count). The van der Waals surface area contributed by atoms with Crippen molar-refractivity contribution in [2.45, 2.75) is 19.1 Å². The molecule has 0 radical (unpaired) electrons. The number of benzene rings is 2. The monoisotopic (exact) mass is 286 g/mol. The molecule has 0 aliphatic carbocycles. The molecule has 0 amide bonds. The maximum absolute atomic E-state index is 8.78. The molecule has 102 valence electrons. The summed E-state index contributed by atoms with van der Waals surface area (Å²) in [6, 6.07) is 16.3. The molecule has 2 N–H and O–H groups in total. The van der Waals surface area contributed by atoms with Crippen LogP contribution in [0.4, 0.5) is 0 Å². The summed E-state index contributed by atoms with van der Waals surface area (Å²) in [4.78, 5) is 0. The van der Waals surface area contributed by atoms with E-state index in [9.17, 15) is 0 Å². The van der Waals surface area contributed by atoms with Gasteiger partial charge in [-0.3, -0.25) is 0 Å². The number of hydrogen-bond acceptors (Lipinski definition) is 3. The Hall–Kier alpha value is -2.02. The molecule has 2 atom stereocenters. The molecule has 0 fully saturated rings. The summed E-state index contributed by atoms with van der Waals surface area (Å²) in [6.45, 7) is 1.88. The van der Waals surface area contributed by atoms with Crippen LogP contribution < -0.4 is 10.5 Å². The Morgan fingerprint density at radius 1 is 1.20 bits per heavy atom. The molecule has 3 nitrogen and oxygen atoms in total. The summed E-state index contributed by atoms with van der Waals surface area (Å²) in [6.07, 6.45) is -0.290. The van der Waals surface area contributed by atoms with Gasteiger partial charge in [0, 0.05) is 11.1 Å². The molecule has 0 saturated heterocycles. The summed E-state index contributed by atoms with van der Waals surface area (Å²) >= 11 is 6.00. The summed E-state index contributed by atoms with van der Waals surface area (Å²) in [7, 11) is 0. The smallest absolute Gasteiger partial charge is 0.138 e. The molecule has 0 aliphatic heterocycles. The highest BCUT2D eigenvalue weighted by atomic mass is 35.5. The lowest BCUT2D eigenvalue weighted by atomic mass is 10.0. The normalized spacial score (nSPS) is 13.3. The lowest BCUT2D eigenvalue weighted by Crippen LogP contribution is -2.29. The van der Waals surface area contributed by atoms with Crippen molar-refractivity contribution in [2.24, 2.45) is 5.73 Å². The predicted octanol–water partition coefficient (Wildman–Crippen LogP) is 3.68. The van der Waals surface area contributed by atoms with Crippen LogP contribution in [-0.2, 0) is 0 Å². The molecule has 20 heavy (non-hydrogen) atoms. The predicted molar refractivity (Wildman–Crippen MR) is 79.6 cm³/mol. The van der Waals surface area contributed by atoms with Crippen LogP contribution in [0.2, 0.25) is 5.02 Å². The van der Waals surface area contributed by atoms with E-state index in [1.165, 1.54) is 0 Å². The van der Waals surface area contributed by atoms with Crippen LogP contribution in [0, 0.1) is 11.3 Å². The zero-order valence-electron chi connectivity index (χ0n) is 11.1. The van der Waals surface area contributed by atoms with E-state index >= 15 is 0 Å². The van der Waals surface area contributed by atoms with E-state index in [0.29, 0.717) is 16.3 Å². The van der Waals surface area contributed by atoms with Crippen LogP contribution in [-0.4, -0.2) is 6.04 Å². The van der Waals surface area contributed by atoms with Crippen molar-refractivity contribution in [3.8, 4) is 11.8 Å². The lowest BCUT2D eigenvalue weighted by Gasteiger charge is -2.23. The van der Waals surface area contributed by atoms with E-state index in [1.807, 2.05) is 31.2 Å². The second-order valence-electron chi connectivity index (χ2n) is 4.59. The third kappa shape index (κ3) is 3.51. The van der Waals surface area contributed by atoms with Gasteiger partial charge in [0.15, 0.2) is 0 Å². The van der Waals surface area contributed by atoms with Crippen LogP contribution in [0.15, 0.2) is 48.5 Å². The number of nitriles is 1. The first-order valence-electron chi connectivity index (χ1n) is 6.28. The minimum atomic E-state index is -0.290. The quantitative estimate of drug-likeness (QED) is 0.933. The molecule has 2 unspecified atom stereocenters. The maximum atomic E-state index is 8.78. The fraction of sp³-hybridized carbons (Fsp3) is 0.188. The van der Waals surface area contributed by atoms with Gasteiger partial charge in [-0.2, -0.15) is 5.26 Å². The average molecular weight is 287 g/mol. The molecule has 2 aromatic rings. The number of hydrogen-bond donors (Lipinski definition) is 1. The van der Waals surface area contributed by atoms with E-state index in [0.717, 1.165) is 5.56 Å². The second kappa shape index (κ2) is 6.42. The highest BCUT2D eigenvalue weighted by Crippen LogP contribution is 2.26. The minimum Gasteiger partial charge on any atom is -0.484 e. The summed E-state index contributed by atoms with van der Waals surface area (Å²) in [5.74, 6) is 0.672. The van der Waals surface area contributed by atoms with Gasteiger partial charge in [0.25, 0.3) is 0 Å². The van der Waals surface area contributed by atoms with Crippen LogP contribution in [0.5, 0.6) is 5.75 Å². The number of nitrogens with zero attached hydrogens (tertiary/aromatic N) is 1. The first-order chi connectivity index (χ1) is 9.60. The maximum Gasteiger partial charge on any atom is 0.138 e. The third-order valence-electron chi connectivity index (χ3n) is 2.90. The Balaban J connectivity index is 2.23. The number of ether oxygens (including phenoxy) is 1. The summed E-state index contributed by atoms with van der Waals surface area (Å²) in [5.41, 5.74) is 7.52.